The normalized spacial score (nSPS) is 22.0. The minimum absolute atomic E-state index is 0.0653. The van der Waals surface area contributed by atoms with Crippen LogP contribution >= 0.6 is 0 Å². The molecule has 4 heterocycles. The summed E-state index contributed by atoms with van der Waals surface area (Å²) in [7, 11) is -3.36. The Hall–Kier alpha value is -2.65. The highest BCUT2D eigenvalue weighted by atomic mass is 32.2. The molecule has 1 saturated carbocycles. The number of aryl methyl sites for hydroxylation is 1. The first-order valence-corrected chi connectivity index (χ1v) is 12.4. The molecule has 2 fully saturated rings. The number of benzene rings is 1. The average molecular weight is 441 g/mol. The maximum atomic E-state index is 12.8. The van der Waals surface area contributed by atoms with E-state index in [1.165, 1.54) is 6.26 Å². The zero-order chi connectivity index (χ0) is 21.4. The quantitative estimate of drug-likeness (QED) is 0.668. The summed E-state index contributed by atoms with van der Waals surface area (Å²) in [5.74, 6) is 1.73. The van der Waals surface area contributed by atoms with Crippen LogP contribution in [0.1, 0.15) is 24.2 Å². The van der Waals surface area contributed by atoms with Gasteiger partial charge in [-0.25, -0.2) is 18.4 Å². The molecular formula is C22H24N4O4S. The smallest absolute Gasteiger partial charge is 0.185 e. The maximum absolute atomic E-state index is 12.8. The number of H-pyrrole nitrogens is 1. The molecule has 6 rings (SSSR count). The number of aromatic nitrogens is 3. The Morgan fingerprint density at radius 1 is 1.23 bits per heavy atom. The number of morpholine rings is 1. The Bertz CT molecular complexity index is 1310. The number of aromatic amines is 1. The van der Waals surface area contributed by atoms with Crippen LogP contribution in [-0.2, 0) is 19.3 Å². The molecule has 1 atom stereocenters. The fourth-order valence-electron chi connectivity index (χ4n) is 4.83. The van der Waals surface area contributed by atoms with E-state index < -0.39 is 14.6 Å². The average Bonchev–Trinajstić information content (AvgIpc) is 3.48. The molecule has 162 valence electrons. The lowest BCUT2D eigenvalue weighted by Crippen LogP contribution is -2.52. The summed E-state index contributed by atoms with van der Waals surface area (Å²) in [5.41, 5.74) is 3.43. The molecule has 3 aromatic rings. The van der Waals surface area contributed by atoms with Crippen LogP contribution in [0.25, 0.3) is 22.3 Å². The molecule has 0 radical (unpaired) electrons. The van der Waals surface area contributed by atoms with Gasteiger partial charge in [-0.05, 0) is 31.9 Å². The Labute approximate surface area is 180 Å². The van der Waals surface area contributed by atoms with Crippen molar-refractivity contribution < 1.29 is 17.9 Å². The highest BCUT2D eigenvalue weighted by Crippen LogP contribution is 2.56. The molecular weight excluding hydrogens is 416 g/mol. The highest BCUT2D eigenvalue weighted by Gasteiger charge is 2.58. The predicted molar refractivity (Wildman–Crippen MR) is 117 cm³/mol. The summed E-state index contributed by atoms with van der Waals surface area (Å²) < 4.78 is 36.3. The van der Waals surface area contributed by atoms with Crippen molar-refractivity contribution in [2.75, 3.05) is 37.5 Å². The summed E-state index contributed by atoms with van der Waals surface area (Å²) in [4.78, 5) is 15.4. The summed E-state index contributed by atoms with van der Waals surface area (Å²) in [6.45, 7) is 4.32. The van der Waals surface area contributed by atoms with E-state index in [0.717, 1.165) is 22.2 Å². The minimum atomic E-state index is -3.36. The maximum Gasteiger partial charge on any atom is 0.185 e. The van der Waals surface area contributed by atoms with Gasteiger partial charge in [0.15, 0.2) is 27.2 Å². The van der Waals surface area contributed by atoms with Crippen LogP contribution in [-0.4, -0.2) is 62.0 Å². The highest BCUT2D eigenvalue weighted by molar-refractivity contribution is 7.92. The number of hydrogen-bond donors (Lipinski definition) is 1. The monoisotopic (exact) mass is 440 g/mol. The van der Waals surface area contributed by atoms with Crippen LogP contribution in [0.15, 0.2) is 24.3 Å². The van der Waals surface area contributed by atoms with E-state index in [1.54, 1.807) is 0 Å². The van der Waals surface area contributed by atoms with Gasteiger partial charge in [-0.2, -0.15) is 0 Å². The number of sulfone groups is 1. The molecule has 9 heteroatoms. The lowest BCUT2D eigenvalue weighted by Gasteiger charge is -2.41. The molecule has 1 saturated heterocycles. The van der Waals surface area contributed by atoms with Crippen molar-refractivity contribution in [3.05, 3.63) is 35.7 Å². The SMILES string of the molecule is Cc1cc2c(-c3nc4c(c(C5(S(C)(=O)=O)CC5)n3)OCC3COCCN43)cccc2[nH]1. The van der Waals surface area contributed by atoms with Crippen molar-refractivity contribution in [3.8, 4) is 17.1 Å². The number of hydrogen-bond acceptors (Lipinski definition) is 7. The summed E-state index contributed by atoms with van der Waals surface area (Å²) in [5, 5.41) is 1.02. The number of ether oxygens (including phenoxy) is 2. The lowest BCUT2D eigenvalue weighted by atomic mass is 10.1. The second-order valence-corrected chi connectivity index (χ2v) is 11.1. The third-order valence-electron chi connectivity index (χ3n) is 6.65. The van der Waals surface area contributed by atoms with E-state index in [0.29, 0.717) is 62.3 Å². The molecule has 1 unspecified atom stereocenters. The minimum Gasteiger partial charge on any atom is -0.486 e. The van der Waals surface area contributed by atoms with Gasteiger partial charge in [-0.1, -0.05) is 12.1 Å². The zero-order valence-corrected chi connectivity index (χ0v) is 18.3. The lowest BCUT2D eigenvalue weighted by molar-refractivity contribution is 0.0692. The van der Waals surface area contributed by atoms with Crippen LogP contribution < -0.4 is 9.64 Å². The first kappa shape index (κ1) is 19.1. The number of anilines is 1. The van der Waals surface area contributed by atoms with Gasteiger partial charge in [0.1, 0.15) is 17.0 Å². The van der Waals surface area contributed by atoms with Crippen LogP contribution in [0.2, 0.25) is 0 Å². The van der Waals surface area contributed by atoms with Crippen LogP contribution in [0, 0.1) is 6.92 Å². The van der Waals surface area contributed by atoms with Crippen molar-refractivity contribution >= 4 is 26.6 Å². The van der Waals surface area contributed by atoms with Crippen molar-refractivity contribution in [1.29, 1.82) is 0 Å². The molecule has 2 aromatic heterocycles. The number of nitrogens with one attached hydrogen (secondary N) is 1. The zero-order valence-electron chi connectivity index (χ0n) is 17.5. The largest absolute Gasteiger partial charge is 0.486 e. The van der Waals surface area contributed by atoms with E-state index >= 15 is 0 Å². The summed E-state index contributed by atoms with van der Waals surface area (Å²) in [6, 6.07) is 8.11. The van der Waals surface area contributed by atoms with E-state index in [-0.39, 0.29) is 6.04 Å². The van der Waals surface area contributed by atoms with Gasteiger partial charge in [-0.3, -0.25) is 0 Å². The third-order valence-corrected chi connectivity index (χ3v) is 8.67. The topological polar surface area (TPSA) is 97.4 Å². The third kappa shape index (κ3) is 2.79. The molecule has 1 N–H and O–H groups in total. The summed E-state index contributed by atoms with van der Waals surface area (Å²) >= 11 is 0. The van der Waals surface area contributed by atoms with E-state index in [9.17, 15) is 8.42 Å². The molecule has 2 aliphatic heterocycles. The van der Waals surface area contributed by atoms with Crippen molar-refractivity contribution in [3.63, 3.8) is 0 Å². The molecule has 8 nitrogen and oxygen atoms in total. The van der Waals surface area contributed by atoms with Crippen molar-refractivity contribution in [2.45, 2.75) is 30.6 Å². The second kappa shape index (κ2) is 6.43. The van der Waals surface area contributed by atoms with Gasteiger partial charge in [0.2, 0.25) is 0 Å². The van der Waals surface area contributed by atoms with Gasteiger partial charge < -0.3 is 19.4 Å². The van der Waals surface area contributed by atoms with Gasteiger partial charge in [0.05, 0.1) is 19.3 Å². The molecule has 0 bridgehead atoms. The predicted octanol–water partition coefficient (Wildman–Crippen LogP) is 2.56. The first-order valence-electron chi connectivity index (χ1n) is 10.6. The Morgan fingerprint density at radius 2 is 2.06 bits per heavy atom. The van der Waals surface area contributed by atoms with Gasteiger partial charge >= 0.3 is 0 Å². The fraction of sp³-hybridized carbons (Fsp3) is 0.455. The standard InChI is InChI=1S/C22H24N4O4S/c1-13-10-16-15(4-3-5-17(16)23-13)20-24-19(22(6-7-22)31(2,27)28)18-21(25-20)26-8-9-29-11-14(26)12-30-18/h3-5,10,14,23H,6-9,11-12H2,1-2H3. The van der Waals surface area contributed by atoms with Crippen LogP contribution in [0.5, 0.6) is 5.75 Å². The number of nitrogens with zero attached hydrogens (tertiary/aromatic N) is 3. The fourth-order valence-corrected chi connectivity index (χ4v) is 6.17. The molecule has 0 spiro atoms. The van der Waals surface area contributed by atoms with Gasteiger partial charge in [0, 0.05) is 35.0 Å². The van der Waals surface area contributed by atoms with Crippen molar-refractivity contribution in [1.82, 2.24) is 15.0 Å². The molecule has 0 amide bonds. The van der Waals surface area contributed by atoms with E-state index in [2.05, 4.69) is 16.0 Å². The number of fused-ring (bicyclic) bond motifs is 4. The van der Waals surface area contributed by atoms with Crippen LogP contribution in [0.3, 0.4) is 0 Å². The van der Waals surface area contributed by atoms with Gasteiger partial charge in [0.25, 0.3) is 0 Å². The van der Waals surface area contributed by atoms with Crippen molar-refractivity contribution in [2.24, 2.45) is 0 Å². The van der Waals surface area contributed by atoms with E-state index in [4.69, 9.17) is 19.4 Å². The second-order valence-electron chi connectivity index (χ2n) is 8.77. The van der Waals surface area contributed by atoms with Crippen LogP contribution in [0.4, 0.5) is 5.82 Å². The van der Waals surface area contributed by atoms with Gasteiger partial charge in [-0.15, -0.1) is 0 Å². The Balaban J connectivity index is 1.62. The molecule has 31 heavy (non-hydrogen) atoms. The first-order chi connectivity index (χ1) is 14.9. The molecule has 3 aliphatic rings. The van der Waals surface area contributed by atoms with E-state index in [1.807, 2.05) is 25.1 Å². The summed E-state index contributed by atoms with van der Waals surface area (Å²) in [6.07, 6.45) is 2.40. The Morgan fingerprint density at radius 3 is 2.84 bits per heavy atom. The number of rotatable bonds is 3. The Kier molecular flexibility index (Phi) is 3.95. The molecule has 1 aliphatic carbocycles. The molecule has 1 aromatic carbocycles.